The maximum atomic E-state index is 11.4. The van der Waals surface area contributed by atoms with Gasteiger partial charge in [0.2, 0.25) is 0 Å². The fourth-order valence-electron chi connectivity index (χ4n) is 1.52. The van der Waals surface area contributed by atoms with E-state index in [4.69, 9.17) is 4.74 Å². The summed E-state index contributed by atoms with van der Waals surface area (Å²) in [5.74, 6) is -0.166. The SMILES string of the molecule is CCC(C)(C)N1CC(Br)(C(=O)OC)C1. The number of halogens is 1. The molecule has 3 nitrogen and oxygen atoms in total. The van der Waals surface area contributed by atoms with Crippen molar-refractivity contribution in [2.75, 3.05) is 20.2 Å². The van der Waals surface area contributed by atoms with Crippen LogP contribution in [0, 0.1) is 0 Å². The van der Waals surface area contributed by atoms with E-state index >= 15 is 0 Å². The van der Waals surface area contributed by atoms with E-state index in [1.54, 1.807) is 0 Å². The van der Waals surface area contributed by atoms with Crippen molar-refractivity contribution in [2.24, 2.45) is 0 Å². The Morgan fingerprint density at radius 3 is 2.43 bits per heavy atom. The van der Waals surface area contributed by atoms with E-state index < -0.39 is 4.32 Å². The molecule has 4 heteroatoms. The predicted molar refractivity (Wildman–Crippen MR) is 59.6 cm³/mol. The molecule has 1 aliphatic rings. The molecule has 1 rings (SSSR count). The lowest BCUT2D eigenvalue weighted by Crippen LogP contribution is -2.67. The van der Waals surface area contributed by atoms with Crippen LogP contribution in [0.15, 0.2) is 0 Å². The highest BCUT2D eigenvalue weighted by Gasteiger charge is 2.51. The minimum absolute atomic E-state index is 0.166. The second kappa shape index (κ2) is 3.81. The van der Waals surface area contributed by atoms with Crippen LogP contribution >= 0.6 is 15.9 Å². The van der Waals surface area contributed by atoms with E-state index in [2.05, 4.69) is 41.6 Å². The Morgan fingerprint density at radius 1 is 1.57 bits per heavy atom. The minimum atomic E-state index is -0.464. The van der Waals surface area contributed by atoms with Gasteiger partial charge in [-0.1, -0.05) is 22.9 Å². The van der Waals surface area contributed by atoms with Gasteiger partial charge in [0.25, 0.3) is 0 Å². The topological polar surface area (TPSA) is 29.5 Å². The first-order chi connectivity index (χ1) is 6.35. The smallest absolute Gasteiger partial charge is 0.325 e. The highest BCUT2D eigenvalue weighted by molar-refractivity contribution is 9.10. The van der Waals surface area contributed by atoms with Gasteiger partial charge >= 0.3 is 5.97 Å². The molecule has 0 radical (unpaired) electrons. The Kier molecular flexibility index (Phi) is 3.26. The van der Waals surface area contributed by atoms with Crippen LogP contribution in [-0.2, 0) is 9.53 Å². The molecule has 1 aliphatic heterocycles. The fraction of sp³-hybridized carbons (Fsp3) is 0.900. The van der Waals surface area contributed by atoms with Gasteiger partial charge in [-0.15, -0.1) is 0 Å². The Morgan fingerprint density at radius 2 is 2.07 bits per heavy atom. The standard InChI is InChI=1S/C10H18BrNO2/c1-5-9(2,3)12-6-10(11,7-12)8(13)14-4/h5-7H2,1-4H3. The summed E-state index contributed by atoms with van der Waals surface area (Å²) >= 11 is 3.44. The molecule has 14 heavy (non-hydrogen) atoms. The number of likely N-dealkylation sites (tertiary alicyclic amines) is 1. The zero-order chi connectivity index (χ0) is 11.0. The lowest BCUT2D eigenvalue weighted by Gasteiger charge is -2.52. The first-order valence-corrected chi connectivity index (χ1v) is 5.67. The molecule has 0 amide bonds. The highest BCUT2D eigenvalue weighted by Crippen LogP contribution is 2.37. The Hall–Kier alpha value is -0.0900. The van der Waals surface area contributed by atoms with E-state index in [0.29, 0.717) is 0 Å². The van der Waals surface area contributed by atoms with Gasteiger partial charge in [-0.3, -0.25) is 9.69 Å². The number of ether oxygens (including phenoxy) is 1. The number of carbonyl (C=O) groups excluding carboxylic acids is 1. The summed E-state index contributed by atoms with van der Waals surface area (Å²) in [4.78, 5) is 13.7. The van der Waals surface area contributed by atoms with Crippen LogP contribution < -0.4 is 0 Å². The van der Waals surface area contributed by atoms with Crippen molar-refractivity contribution >= 4 is 21.9 Å². The zero-order valence-corrected chi connectivity index (χ0v) is 10.8. The third-order valence-corrected chi connectivity index (χ3v) is 3.98. The van der Waals surface area contributed by atoms with Crippen LogP contribution in [0.2, 0.25) is 0 Å². The van der Waals surface area contributed by atoms with Crippen molar-refractivity contribution in [2.45, 2.75) is 37.1 Å². The van der Waals surface area contributed by atoms with Crippen LogP contribution in [0.3, 0.4) is 0 Å². The summed E-state index contributed by atoms with van der Waals surface area (Å²) in [6.45, 7) is 8.01. The molecule has 1 heterocycles. The average molecular weight is 264 g/mol. The summed E-state index contributed by atoms with van der Waals surface area (Å²) in [5, 5.41) is 0. The maximum Gasteiger partial charge on any atom is 0.325 e. The van der Waals surface area contributed by atoms with Gasteiger partial charge in [0.05, 0.1) is 7.11 Å². The second-order valence-electron chi connectivity index (χ2n) is 4.48. The summed E-state index contributed by atoms with van der Waals surface area (Å²) in [6.07, 6.45) is 1.08. The van der Waals surface area contributed by atoms with Gasteiger partial charge in [0.15, 0.2) is 0 Å². The van der Waals surface area contributed by atoms with Gasteiger partial charge in [-0.2, -0.15) is 0 Å². The van der Waals surface area contributed by atoms with Crippen molar-refractivity contribution in [1.29, 1.82) is 0 Å². The van der Waals surface area contributed by atoms with Crippen LogP contribution in [0.4, 0.5) is 0 Å². The molecule has 0 spiro atoms. The van der Waals surface area contributed by atoms with Crippen LogP contribution in [0.1, 0.15) is 27.2 Å². The van der Waals surface area contributed by atoms with Crippen LogP contribution in [0.5, 0.6) is 0 Å². The normalized spacial score (nSPS) is 21.5. The highest BCUT2D eigenvalue weighted by atomic mass is 79.9. The first kappa shape index (κ1) is 12.0. The third kappa shape index (κ3) is 1.96. The van der Waals surface area contributed by atoms with E-state index in [1.165, 1.54) is 7.11 Å². The summed E-state index contributed by atoms with van der Waals surface area (Å²) in [5.41, 5.74) is 0.172. The Balaban J connectivity index is 2.54. The van der Waals surface area contributed by atoms with Gasteiger partial charge < -0.3 is 4.74 Å². The van der Waals surface area contributed by atoms with Gasteiger partial charge in [-0.05, 0) is 20.3 Å². The number of hydrogen-bond acceptors (Lipinski definition) is 3. The summed E-state index contributed by atoms with van der Waals surface area (Å²) < 4.78 is 4.28. The molecule has 0 aromatic heterocycles. The number of methoxy groups -OCH3 is 1. The van der Waals surface area contributed by atoms with Crippen LogP contribution in [0.25, 0.3) is 0 Å². The lowest BCUT2D eigenvalue weighted by molar-refractivity contribution is -0.150. The summed E-state index contributed by atoms with van der Waals surface area (Å²) in [6, 6.07) is 0. The fourth-order valence-corrected chi connectivity index (χ4v) is 2.29. The third-order valence-electron chi connectivity index (χ3n) is 3.16. The number of hydrogen-bond donors (Lipinski definition) is 0. The molecule has 1 fully saturated rings. The van der Waals surface area contributed by atoms with Gasteiger partial charge in [-0.25, -0.2) is 0 Å². The molecule has 0 atom stereocenters. The number of carbonyl (C=O) groups is 1. The van der Waals surface area contributed by atoms with Crippen molar-refractivity contribution in [1.82, 2.24) is 4.90 Å². The van der Waals surface area contributed by atoms with Crippen LogP contribution in [-0.4, -0.2) is 40.9 Å². The van der Waals surface area contributed by atoms with E-state index in [-0.39, 0.29) is 11.5 Å². The van der Waals surface area contributed by atoms with E-state index in [9.17, 15) is 4.79 Å². The number of esters is 1. The quantitative estimate of drug-likeness (QED) is 0.575. The summed E-state index contributed by atoms with van der Waals surface area (Å²) in [7, 11) is 1.43. The van der Waals surface area contributed by atoms with E-state index in [0.717, 1.165) is 19.5 Å². The number of nitrogens with zero attached hydrogens (tertiary/aromatic N) is 1. The molecular weight excluding hydrogens is 246 g/mol. The molecule has 0 aromatic carbocycles. The number of alkyl halides is 1. The molecule has 0 saturated carbocycles. The second-order valence-corrected chi connectivity index (χ2v) is 6.00. The zero-order valence-electron chi connectivity index (χ0n) is 9.26. The van der Waals surface area contributed by atoms with Crippen molar-refractivity contribution < 1.29 is 9.53 Å². The molecule has 0 aliphatic carbocycles. The molecule has 0 aromatic rings. The Labute approximate surface area is 93.9 Å². The first-order valence-electron chi connectivity index (χ1n) is 4.88. The van der Waals surface area contributed by atoms with Crippen molar-refractivity contribution in [3.63, 3.8) is 0 Å². The molecule has 0 unspecified atom stereocenters. The molecular formula is C10H18BrNO2. The minimum Gasteiger partial charge on any atom is -0.468 e. The number of rotatable bonds is 3. The largest absolute Gasteiger partial charge is 0.468 e. The molecule has 0 N–H and O–H groups in total. The van der Waals surface area contributed by atoms with Crippen molar-refractivity contribution in [3.8, 4) is 0 Å². The van der Waals surface area contributed by atoms with Gasteiger partial charge in [0.1, 0.15) is 4.32 Å². The molecule has 82 valence electrons. The Bertz CT molecular complexity index is 234. The average Bonchev–Trinajstić information content (AvgIpc) is 2.11. The molecule has 1 saturated heterocycles. The van der Waals surface area contributed by atoms with E-state index in [1.807, 2.05) is 0 Å². The molecule has 0 bridgehead atoms. The monoisotopic (exact) mass is 263 g/mol. The van der Waals surface area contributed by atoms with Gasteiger partial charge in [0, 0.05) is 18.6 Å². The predicted octanol–water partition coefficient (Wildman–Crippen LogP) is 1.80. The maximum absolute atomic E-state index is 11.4. The lowest BCUT2D eigenvalue weighted by atomic mass is 9.89. The van der Waals surface area contributed by atoms with Crippen molar-refractivity contribution in [3.05, 3.63) is 0 Å².